The molecule has 0 saturated heterocycles. The molecule has 0 radical (unpaired) electrons. The van der Waals surface area contributed by atoms with E-state index in [2.05, 4.69) is 9.73 Å². The molecule has 3 rings (SSSR count). The first kappa shape index (κ1) is 22.7. The van der Waals surface area contributed by atoms with Gasteiger partial charge in [0.25, 0.3) is 0 Å². The Morgan fingerprint density at radius 1 is 1.16 bits per heavy atom. The third-order valence-electron chi connectivity index (χ3n) is 3.95. The molecule has 0 aromatic heterocycles. The van der Waals surface area contributed by atoms with E-state index in [4.69, 9.17) is 9.47 Å². The Morgan fingerprint density at radius 2 is 1.91 bits per heavy atom. The number of hydrogen-bond acceptors (Lipinski definition) is 6. The van der Waals surface area contributed by atoms with E-state index in [-0.39, 0.29) is 39.9 Å². The lowest BCUT2D eigenvalue weighted by atomic mass is 10.1. The molecule has 0 atom stereocenters. The van der Waals surface area contributed by atoms with Crippen molar-refractivity contribution in [3.63, 3.8) is 0 Å². The molecule has 1 aliphatic heterocycles. The molecule has 32 heavy (non-hydrogen) atoms. The van der Waals surface area contributed by atoms with Gasteiger partial charge in [0.1, 0.15) is 0 Å². The van der Waals surface area contributed by atoms with Crippen molar-refractivity contribution < 1.29 is 45.8 Å². The van der Waals surface area contributed by atoms with Crippen molar-refractivity contribution in [2.75, 3.05) is 12.4 Å². The highest BCUT2D eigenvalue weighted by molar-refractivity contribution is 6.13. The molecule has 0 fully saturated rings. The summed E-state index contributed by atoms with van der Waals surface area (Å²) in [5.74, 6) is -3.42. The normalized spacial score (nSPS) is 14.9. The fourth-order valence-corrected chi connectivity index (χ4v) is 2.59. The number of ether oxygens (including phenoxy) is 3. The van der Waals surface area contributed by atoms with Crippen molar-refractivity contribution in [3.05, 3.63) is 59.3 Å². The molecule has 0 saturated carbocycles. The number of alkyl halides is 5. The summed E-state index contributed by atoms with van der Waals surface area (Å²) < 4.78 is 76.5. The van der Waals surface area contributed by atoms with Crippen LogP contribution >= 0.6 is 0 Å². The molecule has 0 unspecified atom stereocenters. The number of nitrogens with one attached hydrogen (secondary N) is 1. The SMILES string of the molecule is COc1cc(C2=N/C(=C\c3cccc(NC(=O)C(F)(F)F)c3)C(=O)O2)ccc1OC(F)F. The molecule has 0 spiro atoms. The van der Waals surface area contributed by atoms with Gasteiger partial charge in [-0.3, -0.25) is 4.79 Å². The summed E-state index contributed by atoms with van der Waals surface area (Å²) >= 11 is 0. The first-order chi connectivity index (χ1) is 15.1. The van der Waals surface area contributed by atoms with Crippen LogP contribution in [-0.4, -0.2) is 37.7 Å². The number of amides is 1. The van der Waals surface area contributed by atoms with Gasteiger partial charge in [0.15, 0.2) is 17.2 Å². The summed E-state index contributed by atoms with van der Waals surface area (Å²) in [6.45, 7) is -3.07. The number of hydrogen-bond donors (Lipinski definition) is 1. The van der Waals surface area contributed by atoms with E-state index in [1.807, 2.05) is 0 Å². The zero-order chi connectivity index (χ0) is 23.5. The van der Waals surface area contributed by atoms with E-state index in [1.54, 1.807) is 5.32 Å². The maximum absolute atomic E-state index is 12.4. The lowest BCUT2D eigenvalue weighted by molar-refractivity contribution is -0.167. The van der Waals surface area contributed by atoms with E-state index < -0.39 is 24.7 Å². The number of rotatable bonds is 6. The standard InChI is InChI=1S/C20H13F5N2O5/c1-30-15-9-11(5-6-14(15)31-19(21)22)16-27-13(17(28)32-16)8-10-3-2-4-12(7-10)26-18(29)20(23,24)25/h2-9,19H,1H3,(H,26,29)/b13-8-. The van der Waals surface area contributed by atoms with Crippen LogP contribution in [0.5, 0.6) is 11.5 Å². The van der Waals surface area contributed by atoms with Gasteiger partial charge >= 0.3 is 24.7 Å². The molecular weight excluding hydrogens is 443 g/mol. The van der Waals surface area contributed by atoms with Crippen molar-refractivity contribution in [1.29, 1.82) is 0 Å². The van der Waals surface area contributed by atoms with Crippen LogP contribution < -0.4 is 14.8 Å². The highest BCUT2D eigenvalue weighted by atomic mass is 19.4. The average molecular weight is 456 g/mol. The molecule has 1 heterocycles. The van der Waals surface area contributed by atoms with E-state index in [0.717, 1.165) is 0 Å². The zero-order valence-electron chi connectivity index (χ0n) is 16.1. The Morgan fingerprint density at radius 3 is 2.56 bits per heavy atom. The second-order valence-electron chi connectivity index (χ2n) is 6.16. The lowest BCUT2D eigenvalue weighted by Gasteiger charge is -2.10. The summed E-state index contributed by atoms with van der Waals surface area (Å²) in [7, 11) is 1.23. The van der Waals surface area contributed by atoms with Gasteiger partial charge in [0, 0.05) is 11.3 Å². The molecule has 12 heteroatoms. The predicted octanol–water partition coefficient (Wildman–Crippen LogP) is 4.14. The number of benzene rings is 2. The van der Waals surface area contributed by atoms with Gasteiger partial charge in [-0.05, 0) is 42.0 Å². The zero-order valence-corrected chi connectivity index (χ0v) is 16.1. The maximum Gasteiger partial charge on any atom is 0.471 e. The number of carbonyl (C=O) groups excluding carboxylic acids is 2. The van der Waals surface area contributed by atoms with E-state index in [0.29, 0.717) is 0 Å². The Labute approximate surface area is 177 Å². The maximum atomic E-state index is 12.4. The van der Waals surface area contributed by atoms with Gasteiger partial charge in [-0.1, -0.05) is 12.1 Å². The van der Waals surface area contributed by atoms with Gasteiger partial charge < -0.3 is 19.5 Å². The van der Waals surface area contributed by atoms with Crippen molar-refractivity contribution >= 4 is 29.5 Å². The molecule has 168 valence electrons. The van der Waals surface area contributed by atoms with Gasteiger partial charge in [0.05, 0.1) is 7.11 Å². The van der Waals surface area contributed by atoms with Crippen LogP contribution in [0.4, 0.5) is 27.6 Å². The fraction of sp³-hybridized carbons (Fsp3) is 0.150. The molecule has 0 aliphatic carbocycles. The van der Waals surface area contributed by atoms with Crippen LogP contribution in [0.25, 0.3) is 6.08 Å². The minimum absolute atomic E-state index is 0.0490. The average Bonchev–Trinajstić information content (AvgIpc) is 3.07. The van der Waals surface area contributed by atoms with Gasteiger partial charge in [0.2, 0.25) is 5.90 Å². The van der Waals surface area contributed by atoms with Crippen molar-refractivity contribution in [3.8, 4) is 11.5 Å². The van der Waals surface area contributed by atoms with Crippen LogP contribution in [0, 0.1) is 0 Å². The Kier molecular flexibility index (Phi) is 6.42. The summed E-state index contributed by atoms with van der Waals surface area (Å²) in [5, 5.41) is 1.70. The van der Waals surface area contributed by atoms with E-state index in [1.165, 1.54) is 55.7 Å². The predicted molar refractivity (Wildman–Crippen MR) is 101 cm³/mol. The Bertz CT molecular complexity index is 1110. The first-order valence-corrected chi connectivity index (χ1v) is 8.71. The smallest absolute Gasteiger partial charge is 0.471 e. The monoisotopic (exact) mass is 456 g/mol. The van der Waals surface area contributed by atoms with Gasteiger partial charge in [-0.15, -0.1) is 0 Å². The fourth-order valence-electron chi connectivity index (χ4n) is 2.59. The Hall–Kier alpha value is -3.96. The molecule has 2 aromatic rings. The summed E-state index contributed by atoms with van der Waals surface area (Å²) in [6, 6.07) is 9.07. The number of cyclic esters (lactones) is 1. The number of nitrogens with zero attached hydrogens (tertiary/aromatic N) is 1. The lowest BCUT2D eigenvalue weighted by Crippen LogP contribution is -2.29. The highest BCUT2D eigenvalue weighted by Crippen LogP contribution is 2.31. The molecule has 1 N–H and O–H groups in total. The number of anilines is 1. The molecular formula is C20H13F5N2O5. The first-order valence-electron chi connectivity index (χ1n) is 8.71. The second kappa shape index (κ2) is 9.04. The summed E-state index contributed by atoms with van der Waals surface area (Å²) in [6.07, 6.45) is -3.82. The van der Waals surface area contributed by atoms with Crippen LogP contribution in [-0.2, 0) is 14.3 Å². The third-order valence-corrected chi connectivity index (χ3v) is 3.95. The number of carbonyl (C=O) groups is 2. The minimum Gasteiger partial charge on any atom is -0.493 e. The summed E-state index contributed by atoms with van der Waals surface area (Å²) in [5.41, 5.74) is 0.175. The molecule has 0 bridgehead atoms. The number of halogens is 5. The van der Waals surface area contributed by atoms with Crippen molar-refractivity contribution in [1.82, 2.24) is 0 Å². The third kappa shape index (κ3) is 5.39. The highest BCUT2D eigenvalue weighted by Gasteiger charge is 2.38. The number of methoxy groups -OCH3 is 1. The van der Waals surface area contributed by atoms with E-state index >= 15 is 0 Å². The van der Waals surface area contributed by atoms with Crippen LogP contribution in [0.3, 0.4) is 0 Å². The van der Waals surface area contributed by atoms with Crippen LogP contribution in [0.1, 0.15) is 11.1 Å². The Balaban J connectivity index is 1.85. The molecule has 1 amide bonds. The van der Waals surface area contributed by atoms with Crippen LogP contribution in [0.15, 0.2) is 53.2 Å². The van der Waals surface area contributed by atoms with Crippen molar-refractivity contribution in [2.24, 2.45) is 4.99 Å². The van der Waals surface area contributed by atoms with Gasteiger partial charge in [-0.25, -0.2) is 9.79 Å². The number of esters is 1. The largest absolute Gasteiger partial charge is 0.493 e. The quantitative estimate of drug-likeness (QED) is 0.401. The molecule has 1 aliphatic rings. The molecule has 2 aromatic carbocycles. The number of aliphatic imine (C=N–C) groups is 1. The minimum atomic E-state index is -5.06. The van der Waals surface area contributed by atoms with E-state index in [9.17, 15) is 31.5 Å². The second-order valence-corrected chi connectivity index (χ2v) is 6.16. The van der Waals surface area contributed by atoms with Gasteiger partial charge in [-0.2, -0.15) is 22.0 Å². The van der Waals surface area contributed by atoms with Crippen LogP contribution in [0.2, 0.25) is 0 Å². The molecule has 7 nitrogen and oxygen atoms in total. The summed E-state index contributed by atoms with van der Waals surface area (Å²) in [4.78, 5) is 27.2. The topological polar surface area (TPSA) is 86.2 Å². The van der Waals surface area contributed by atoms with Crippen molar-refractivity contribution in [2.45, 2.75) is 12.8 Å².